The Kier molecular flexibility index (Phi) is 5.28. The molecular formula is C15H20N2S2. The number of nitrogens with two attached hydrogens (primary N) is 1. The lowest BCUT2D eigenvalue weighted by Gasteiger charge is -2.02. The molecule has 0 saturated heterocycles. The Morgan fingerprint density at radius 2 is 2.00 bits per heavy atom. The molecule has 102 valence electrons. The van der Waals surface area contributed by atoms with E-state index in [-0.39, 0.29) is 0 Å². The van der Waals surface area contributed by atoms with E-state index in [1.807, 2.05) is 35.2 Å². The lowest BCUT2D eigenvalue weighted by atomic mass is 10.1. The fourth-order valence-electron chi connectivity index (χ4n) is 2.01. The van der Waals surface area contributed by atoms with Crippen LogP contribution in [0.3, 0.4) is 0 Å². The summed E-state index contributed by atoms with van der Waals surface area (Å²) in [6.45, 7) is 2.21. The highest BCUT2D eigenvalue weighted by atomic mass is 32.2. The maximum Gasteiger partial charge on any atom is 0.103 e. The molecule has 2 aromatic rings. The van der Waals surface area contributed by atoms with Gasteiger partial charge in [0.2, 0.25) is 0 Å². The topological polar surface area (TPSA) is 38.9 Å². The summed E-state index contributed by atoms with van der Waals surface area (Å²) in [5.41, 5.74) is 9.15. The third-order valence-electron chi connectivity index (χ3n) is 2.92. The van der Waals surface area contributed by atoms with Crippen LogP contribution in [0.5, 0.6) is 0 Å². The zero-order valence-electron chi connectivity index (χ0n) is 11.5. The summed E-state index contributed by atoms with van der Waals surface area (Å²) in [6, 6.07) is 8.16. The van der Waals surface area contributed by atoms with Crippen molar-refractivity contribution in [3.8, 4) is 0 Å². The third-order valence-corrected chi connectivity index (χ3v) is 4.76. The molecule has 0 aliphatic rings. The SMILES string of the molecule is CCCc1nc(CSC)sc1Cc1ccc(N)cc1. The number of hydrogen-bond acceptors (Lipinski definition) is 4. The molecule has 2 N–H and O–H groups in total. The predicted molar refractivity (Wildman–Crippen MR) is 87.0 cm³/mol. The fraction of sp³-hybridized carbons (Fsp3) is 0.400. The highest BCUT2D eigenvalue weighted by molar-refractivity contribution is 7.97. The Hall–Kier alpha value is -1.00. The molecule has 0 fully saturated rings. The number of hydrogen-bond donors (Lipinski definition) is 1. The molecule has 1 aromatic heterocycles. The zero-order chi connectivity index (χ0) is 13.7. The number of benzene rings is 1. The second-order valence-electron chi connectivity index (χ2n) is 4.58. The molecule has 1 heterocycles. The van der Waals surface area contributed by atoms with Gasteiger partial charge in [0.1, 0.15) is 5.01 Å². The van der Waals surface area contributed by atoms with E-state index in [1.165, 1.54) is 21.1 Å². The van der Waals surface area contributed by atoms with Gasteiger partial charge >= 0.3 is 0 Å². The van der Waals surface area contributed by atoms with Gasteiger partial charge in [-0.15, -0.1) is 11.3 Å². The Labute approximate surface area is 123 Å². The number of nitrogens with zero attached hydrogens (tertiary/aromatic N) is 1. The van der Waals surface area contributed by atoms with Crippen LogP contribution in [0.25, 0.3) is 0 Å². The maximum atomic E-state index is 5.73. The first-order valence-electron chi connectivity index (χ1n) is 6.53. The summed E-state index contributed by atoms with van der Waals surface area (Å²) < 4.78 is 0. The lowest BCUT2D eigenvalue weighted by Crippen LogP contribution is -1.93. The summed E-state index contributed by atoms with van der Waals surface area (Å²) in [4.78, 5) is 6.19. The Bertz CT molecular complexity index is 517. The van der Waals surface area contributed by atoms with Gasteiger partial charge in [0.05, 0.1) is 5.69 Å². The first-order valence-corrected chi connectivity index (χ1v) is 8.74. The van der Waals surface area contributed by atoms with E-state index in [1.54, 1.807) is 0 Å². The molecule has 0 atom stereocenters. The van der Waals surface area contributed by atoms with Gasteiger partial charge in [-0.25, -0.2) is 4.98 Å². The van der Waals surface area contributed by atoms with Gasteiger partial charge in [-0.1, -0.05) is 25.5 Å². The smallest absolute Gasteiger partial charge is 0.103 e. The third kappa shape index (κ3) is 3.98. The number of aryl methyl sites for hydroxylation is 1. The van der Waals surface area contributed by atoms with E-state index in [2.05, 4.69) is 25.3 Å². The largest absolute Gasteiger partial charge is 0.399 e. The van der Waals surface area contributed by atoms with Crippen molar-refractivity contribution < 1.29 is 0 Å². The van der Waals surface area contributed by atoms with Gasteiger partial charge in [0.25, 0.3) is 0 Å². The van der Waals surface area contributed by atoms with Gasteiger partial charge < -0.3 is 5.73 Å². The molecule has 0 aliphatic heterocycles. The number of anilines is 1. The van der Waals surface area contributed by atoms with Crippen molar-refractivity contribution in [2.45, 2.75) is 31.9 Å². The Balaban J connectivity index is 2.19. The Morgan fingerprint density at radius 3 is 2.63 bits per heavy atom. The molecule has 0 aliphatic carbocycles. The first kappa shape index (κ1) is 14.4. The summed E-state index contributed by atoms with van der Waals surface area (Å²) in [5, 5.41) is 1.25. The second-order valence-corrected chi connectivity index (χ2v) is 6.61. The molecule has 0 radical (unpaired) electrons. The quantitative estimate of drug-likeness (QED) is 0.814. The van der Waals surface area contributed by atoms with E-state index < -0.39 is 0 Å². The van der Waals surface area contributed by atoms with Gasteiger partial charge in [0, 0.05) is 22.7 Å². The molecular weight excluding hydrogens is 272 g/mol. The van der Waals surface area contributed by atoms with Crippen LogP contribution in [0.4, 0.5) is 5.69 Å². The molecule has 4 heteroatoms. The van der Waals surface area contributed by atoms with Gasteiger partial charge in [0.15, 0.2) is 0 Å². The number of nitrogen functional groups attached to an aromatic ring is 1. The number of aromatic nitrogens is 1. The second kappa shape index (κ2) is 6.96. The fourth-order valence-corrected chi connectivity index (χ4v) is 3.86. The van der Waals surface area contributed by atoms with Crippen LogP contribution >= 0.6 is 23.1 Å². The minimum Gasteiger partial charge on any atom is -0.399 e. The van der Waals surface area contributed by atoms with Gasteiger partial charge in [-0.3, -0.25) is 0 Å². The van der Waals surface area contributed by atoms with Crippen LogP contribution < -0.4 is 5.73 Å². The summed E-state index contributed by atoms with van der Waals surface area (Å²) >= 11 is 3.69. The molecule has 0 unspecified atom stereocenters. The molecule has 0 spiro atoms. The summed E-state index contributed by atoms with van der Waals surface area (Å²) in [5.74, 6) is 1.02. The van der Waals surface area contributed by atoms with Crippen LogP contribution in [0.15, 0.2) is 24.3 Å². The first-order chi connectivity index (χ1) is 9.22. The number of thioether (sulfide) groups is 1. The van der Waals surface area contributed by atoms with Crippen LogP contribution in [0.2, 0.25) is 0 Å². The van der Waals surface area contributed by atoms with E-state index >= 15 is 0 Å². The van der Waals surface area contributed by atoms with Crippen molar-refractivity contribution in [1.82, 2.24) is 4.98 Å². The van der Waals surface area contributed by atoms with E-state index in [0.717, 1.165) is 30.7 Å². The number of thiazole rings is 1. The molecule has 2 rings (SSSR count). The average molecular weight is 292 g/mol. The minimum absolute atomic E-state index is 0.824. The van der Waals surface area contributed by atoms with Crippen LogP contribution in [0, 0.1) is 0 Å². The molecule has 0 amide bonds. The zero-order valence-corrected chi connectivity index (χ0v) is 13.1. The van der Waals surface area contributed by atoms with Crippen molar-refractivity contribution in [1.29, 1.82) is 0 Å². The van der Waals surface area contributed by atoms with Crippen molar-refractivity contribution in [3.05, 3.63) is 45.4 Å². The van der Waals surface area contributed by atoms with Crippen molar-refractivity contribution in [2.24, 2.45) is 0 Å². The van der Waals surface area contributed by atoms with Gasteiger partial charge in [-0.2, -0.15) is 11.8 Å². The minimum atomic E-state index is 0.824. The van der Waals surface area contributed by atoms with Crippen molar-refractivity contribution >= 4 is 28.8 Å². The highest BCUT2D eigenvalue weighted by Gasteiger charge is 2.10. The molecule has 2 nitrogen and oxygen atoms in total. The summed E-state index contributed by atoms with van der Waals surface area (Å²) in [6.07, 6.45) is 5.33. The van der Waals surface area contributed by atoms with Gasteiger partial charge in [-0.05, 0) is 30.4 Å². The van der Waals surface area contributed by atoms with Crippen molar-refractivity contribution in [2.75, 3.05) is 12.0 Å². The maximum absolute atomic E-state index is 5.73. The number of rotatable bonds is 6. The predicted octanol–water partition coefficient (Wildman–Crippen LogP) is 4.13. The Morgan fingerprint density at radius 1 is 1.26 bits per heavy atom. The lowest BCUT2D eigenvalue weighted by molar-refractivity contribution is 0.873. The van der Waals surface area contributed by atoms with E-state index in [0.29, 0.717) is 0 Å². The van der Waals surface area contributed by atoms with Crippen LogP contribution in [-0.2, 0) is 18.6 Å². The van der Waals surface area contributed by atoms with Crippen LogP contribution in [0.1, 0.15) is 34.5 Å². The standard InChI is InChI=1S/C15H20N2S2/c1-3-4-13-14(19-15(17-13)10-18-2)9-11-5-7-12(16)8-6-11/h5-8H,3-4,9-10,16H2,1-2H3. The van der Waals surface area contributed by atoms with Crippen LogP contribution in [-0.4, -0.2) is 11.2 Å². The van der Waals surface area contributed by atoms with E-state index in [4.69, 9.17) is 10.7 Å². The molecule has 19 heavy (non-hydrogen) atoms. The molecule has 0 saturated carbocycles. The highest BCUT2D eigenvalue weighted by Crippen LogP contribution is 2.25. The van der Waals surface area contributed by atoms with E-state index in [9.17, 15) is 0 Å². The normalized spacial score (nSPS) is 10.8. The molecule has 1 aromatic carbocycles. The average Bonchev–Trinajstić information content (AvgIpc) is 2.75. The monoisotopic (exact) mass is 292 g/mol. The molecule has 0 bridgehead atoms. The summed E-state index contributed by atoms with van der Waals surface area (Å²) in [7, 11) is 0. The van der Waals surface area contributed by atoms with Crippen molar-refractivity contribution in [3.63, 3.8) is 0 Å².